The van der Waals surface area contributed by atoms with Crippen LogP contribution in [0.25, 0.3) is 0 Å². The fourth-order valence-electron chi connectivity index (χ4n) is 3.05. The average molecular weight is 507 g/mol. The Bertz CT molecular complexity index is 915. The number of benzene rings is 2. The van der Waals surface area contributed by atoms with Crippen LogP contribution in [0.5, 0.6) is 11.5 Å². The van der Waals surface area contributed by atoms with Crippen molar-refractivity contribution in [2.75, 3.05) is 18.5 Å². The molecule has 7 nitrogen and oxygen atoms in total. The lowest BCUT2D eigenvalue weighted by Gasteiger charge is -2.19. The minimum Gasteiger partial charge on any atom is -0.490 e. The summed E-state index contributed by atoms with van der Waals surface area (Å²) in [5, 5.41) is 15.3. The first kappa shape index (κ1) is 25.7. The van der Waals surface area contributed by atoms with E-state index in [4.69, 9.17) is 9.47 Å². The van der Waals surface area contributed by atoms with Crippen molar-refractivity contribution in [3.05, 3.63) is 52.0 Å². The van der Waals surface area contributed by atoms with Crippen molar-refractivity contribution >= 4 is 33.5 Å². The number of nitrogens with one attached hydrogen (secondary N) is 2. The van der Waals surface area contributed by atoms with E-state index in [0.29, 0.717) is 36.8 Å². The number of aryl methyl sites for hydroxylation is 1. The Morgan fingerprint density at radius 2 is 1.75 bits per heavy atom. The highest BCUT2D eigenvalue weighted by Crippen LogP contribution is 2.34. The summed E-state index contributed by atoms with van der Waals surface area (Å²) in [6.07, 6.45) is 0.530. The van der Waals surface area contributed by atoms with Crippen LogP contribution in [0.15, 0.2) is 40.9 Å². The van der Waals surface area contributed by atoms with Crippen molar-refractivity contribution in [1.29, 1.82) is 0 Å². The van der Waals surface area contributed by atoms with Gasteiger partial charge in [-0.05, 0) is 56.0 Å². The van der Waals surface area contributed by atoms with Gasteiger partial charge < -0.3 is 25.2 Å². The van der Waals surface area contributed by atoms with Crippen molar-refractivity contribution in [1.82, 2.24) is 5.32 Å². The maximum absolute atomic E-state index is 12.3. The third-order valence-corrected chi connectivity index (χ3v) is 5.39. The van der Waals surface area contributed by atoms with Gasteiger partial charge in [0, 0.05) is 16.7 Å². The average Bonchev–Trinajstić information content (AvgIpc) is 2.73. The third kappa shape index (κ3) is 8.16. The molecule has 0 radical (unpaired) electrons. The zero-order valence-electron chi connectivity index (χ0n) is 18.9. The first-order chi connectivity index (χ1) is 15.2. The SMILES string of the molecule is CCOc1cc(CNC(CC(C)C)C(=O)O)c(Br)cc1OCC(=O)Nc1ccc(C)cc1. The van der Waals surface area contributed by atoms with E-state index in [1.165, 1.54) is 0 Å². The van der Waals surface area contributed by atoms with E-state index in [1.54, 1.807) is 12.1 Å². The molecule has 0 aliphatic heterocycles. The molecular formula is C24H31BrN2O5. The largest absolute Gasteiger partial charge is 0.490 e. The summed E-state index contributed by atoms with van der Waals surface area (Å²) in [6, 6.07) is 10.4. The molecule has 0 saturated heterocycles. The summed E-state index contributed by atoms with van der Waals surface area (Å²) < 4.78 is 12.1. The molecule has 0 aliphatic rings. The summed E-state index contributed by atoms with van der Waals surface area (Å²) in [5.74, 6) is 0.0216. The molecule has 0 aliphatic carbocycles. The van der Waals surface area contributed by atoms with Gasteiger partial charge in [-0.1, -0.05) is 47.5 Å². The van der Waals surface area contributed by atoms with Crippen LogP contribution in [0.4, 0.5) is 5.69 Å². The van der Waals surface area contributed by atoms with Crippen molar-refractivity contribution < 1.29 is 24.2 Å². The number of carboxylic acids is 1. The number of rotatable bonds is 12. The first-order valence-electron chi connectivity index (χ1n) is 10.6. The van der Waals surface area contributed by atoms with Crippen LogP contribution in [0.3, 0.4) is 0 Å². The number of hydrogen-bond donors (Lipinski definition) is 3. The van der Waals surface area contributed by atoms with Crippen LogP contribution in [-0.2, 0) is 16.1 Å². The molecule has 0 spiro atoms. The lowest BCUT2D eigenvalue weighted by molar-refractivity contribution is -0.140. The number of carboxylic acid groups (broad SMARTS) is 1. The summed E-state index contributed by atoms with van der Waals surface area (Å²) in [5.41, 5.74) is 2.64. The zero-order valence-corrected chi connectivity index (χ0v) is 20.5. The second-order valence-corrected chi connectivity index (χ2v) is 8.78. The molecule has 2 aromatic carbocycles. The van der Waals surface area contributed by atoms with E-state index in [0.717, 1.165) is 15.6 Å². The molecule has 8 heteroatoms. The van der Waals surface area contributed by atoms with Crippen LogP contribution in [0, 0.1) is 12.8 Å². The van der Waals surface area contributed by atoms with Crippen LogP contribution in [0.2, 0.25) is 0 Å². The van der Waals surface area contributed by atoms with Crippen LogP contribution >= 0.6 is 15.9 Å². The molecule has 1 amide bonds. The smallest absolute Gasteiger partial charge is 0.320 e. The maximum Gasteiger partial charge on any atom is 0.320 e. The molecule has 0 heterocycles. The summed E-state index contributed by atoms with van der Waals surface area (Å²) >= 11 is 3.51. The molecule has 3 N–H and O–H groups in total. The quantitative estimate of drug-likeness (QED) is 0.383. The van der Waals surface area contributed by atoms with E-state index in [2.05, 4.69) is 26.6 Å². The number of halogens is 1. The van der Waals surface area contributed by atoms with Gasteiger partial charge in [-0.15, -0.1) is 0 Å². The number of carbonyl (C=O) groups is 2. The van der Waals surface area contributed by atoms with Gasteiger partial charge in [-0.2, -0.15) is 0 Å². The lowest BCUT2D eigenvalue weighted by Crippen LogP contribution is -2.37. The minimum absolute atomic E-state index is 0.173. The highest BCUT2D eigenvalue weighted by Gasteiger charge is 2.19. The van der Waals surface area contributed by atoms with E-state index < -0.39 is 12.0 Å². The Morgan fingerprint density at radius 3 is 2.34 bits per heavy atom. The number of carbonyl (C=O) groups excluding carboxylic acids is 1. The van der Waals surface area contributed by atoms with E-state index in [-0.39, 0.29) is 18.4 Å². The number of anilines is 1. The third-order valence-electron chi connectivity index (χ3n) is 4.65. The molecule has 32 heavy (non-hydrogen) atoms. The standard InChI is InChI=1S/C24H31BrN2O5/c1-5-31-21-11-17(13-26-20(24(29)30)10-15(2)3)19(25)12-22(21)32-14-23(28)27-18-8-6-16(4)7-9-18/h6-9,11-12,15,20,26H,5,10,13-14H2,1-4H3,(H,27,28)(H,29,30). The van der Waals surface area contributed by atoms with Crippen LogP contribution in [0.1, 0.15) is 38.3 Å². The predicted octanol–water partition coefficient (Wildman–Crippen LogP) is 4.76. The second-order valence-electron chi connectivity index (χ2n) is 7.93. The highest BCUT2D eigenvalue weighted by molar-refractivity contribution is 9.10. The molecule has 0 fully saturated rings. The van der Waals surface area contributed by atoms with Gasteiger partial charge in [0.05, 0.1) is 6.61 Å². The Labute approximate surface area is 197 Å². The summed E-state index contributed by atoms with van der Waals surface area (Å²) in [6.45, 7) is 8.41. The zero-order chi connectivity index (χ0) is 23.7. The van der Waals surface area contributed by atoms with E-state index >= 15 is 0 Å². The van der Waals surface area contributed by atoms with Gasteiger partial charge in [0.15, 0.2) is 18.1 Å². The number of hydrogen-bond acceptors (Lipinski definition) is 5. The maximum atomic E-state index is 12.3. The fourth-order valence-corrected chi connectivity index (χ4v) is 3.51. The Morgan fingerprint density at radius 1 is 1.09 bits per heavy atom. The molecule has 174 valence electrons. The predicted molar refractivity (Wildman–Crippen MR) is 128 cm³/mol. The van der Waals surface area contributed by atoms with E-state index in [1.807, 2.05) is 52.0 Å². The molecular weight excluding hydrogens is 476 g/mol. The van der Waals surface area contributed by atoms with Gasteiger partial charge in [-0.25, -0.2) is 0 Å². The minimum atomic E-state index is -0.876. The van der Waals surface area contributed by atoms with Crippen LogP contribution in [-0.4, -0.2) is 36.2 Å². The van der Waals surface area contributed by atoms with Crippen molar-refractivity contribution in [2.24, 2.45) is 5.92 Å². The number of ether oxygens (including phenoxy) is 2. The normalized spacial score (nSPS) is 11.8. The summed E-state index contributed by atoms with van der Waals surface area (Å²) in [7, 11) is 0. The van der Waals surface area contributed by atoms with E-state index in [9.17, 15) is 14.7 Å². The topological polar surface area (TPSA) is 96.9 Å². The van der Waals surface area contributed by atoms with Gasteiger partial charge >= 0.3 is 5.97 Å². The highest BCUT2D eigenvalue weighted by atomic mass is 79.9. The van der Waals surface area contributed by atoms with Gasteiger partial charge in [-0.3, -0.25) is 9.59 Å². The van der Waals surface area contributed by atoms with Crippen LogP contribution < -0.4 is 20.1 Å². The Balaban J connectivity index is 2.06. The lowest BCUT2D eigenvalue weighted by atomic mass is 10.0. The monoisotopic (exact) mass is 506 g/mol. The number of aliphatic carboxylic acids is 1. The van der Waals surface area contributed by atoms with Gasteiger partial charge in [0.25, 0.3) is 5.91 Å². The molecule has 0 bridgehead atoms. The Hall–Kier alpha value is -2.58. The van der Waals surface area contributed by atoms with Gasteiger partial charge in [0.2, 0.25) is 0 Å². The fraction of sp³-hybridized carbons (Fsp3) is 0.417. The van der Waals surface area contributed by atoms with Crippen molar-refractivity contribution in [3.8, 4) is 11.5 Å². The number of amides is 1. The first-order valence-corrected chi connectivity index (χ1v) is 11.4. The van der Waals surface area contributed by atoms with Gasteiger partial charge in [0.1, 0.15) is 6.04 Å². The molecule has 1 unspecified atom stereocenters. The molecule has 2 rings (SSSR count). The molecule has 0 saturated carbocycles. The van der Waals surface area contributed by atoms with Crippen molar-refractivity contribution in [3.63, 3.8) is 0 Å². The molecule has 0 aromatic heterocycles. The second kappa shape index (κ2) is 12.5. The molecule has 1 atom stereocenters. The summed E-state index contributed by atoms with van der Waals surface area (Å²) in [4.78, 5) is 23.8. The Kier molecular flexibility index (Phi) is 9.99. The van der Waals surface area contributed by atoms with Crippen molar-refractivity contribution in [2.45, 2.75) is 46.7 Å². The molecule has 2 aromatic rings.